The van der Waals surface area contributed by atoms with E-state index in [1.807, 2.05) is 25.1 Å². The highest BCUT2D eigenvalue weighted by molar-refractivity contribution is 5.61. The van der Waals surface area contributed by atoms with Crippen molar-refractivity contribution in [2.45, 2.75) is 13.0 Å². The summed E-state index contributed by atoms with van der Waals surface area (Å²) in [6.07, 6.45) is 1.61. The van der Waals surface area contributed by atoms with Crippen molar-refractivity contribution in [3.63, 3.8) is 0 Å². The van der Waals surface area contributed by atoms with Crippen LogP contribution in [0.2, 0.25) is 0 Å². The van der Waals surface area contributed by atoms with Gasteiger partial charge in [-0.25, -0.2) is 4.39 Å². The molecule has 4 aromatic rings. The molecule has 176 valence electrons. The first-order valence-electron chi connectivity index (χ1n) is 11.1. The number of halogens is 1. The van der Waals surface area contributed by atoms with Gasteiger partial charge in [-0.2, -0.15) is 20.1 Å². The van der Waals surface area contributed by atoms with Gasteiger partial charge in [-0.05, 0) is 43.8 Å². The van der Waals surface area contributed by atoms with Gasteiger partial charge >= 0.3 is 0 Å². The molecule has 34 heavy (non-hydrogen) atoms. The van der Waals surface area contributed by atoms with Crippen molar-refractivity contribution >= 4 is 23.7 Å². The molecule has 3 N–H and O–H groups in total. The van der Waals surface area contributed by atoms with Gasteiger partial charge < -0.3 is 24.9 Å². The van der Waals surface area contributed by atoms with Gasteiger partial charge in [-0.15, -0.1) is 0 Å². The number of nitrogens with one attached hydrogen (secondary N) is 3. The predicted octanol–water partition coefficient (Wildman–Crippen LogP) is 3.66. The highest BCUT2D eigenvalue weighted by atomic mass is 19.1. The van der Waals surface area contributed by atoms with Gasteiger partial charge in [-0.3, -0.25) is 5.10 Å². The third-order valence-corrected chi connectivity index (χ3v) is 5.73. The van der Waals surface area contributed by atoms with Crippen LogP contribution in [0.15, 0.2) is 53.1 Å². The normalized spacial score (nSPS) is 15.3. The quantitative estimate of drug-likeness (QED) is 0.378. The van der Waals surface area contributed by atoms with Gasteiger partial charge in [0.15, 0.2) is 11.6 Å². The summed E-state index contributed by atoms with van der Waals surface area (Å²) in [6.45, 7) is 5.46. The topological polar surface area (TPSA) is 111 Å². The second-order valence-corrected chi connectivity index (χ2v) is 8.26. The fourth-order valence-electron chi connectivity index (χ4n) is 3.72. The molecular formula is C23H26FN9O. The lowest BCUT2D eigenvalue weighted by molar-refractivity contribution is 0.311. The molecule has 0 spiro atoms. The van der Waals surface area contributed by atoms with Crippen molar-refractivity contribution in [3.8, 4) is 11.5 Å². The van der Waals surface area contributed by atoms with Gasteiger partial charge in [0.2, 0.25) is 17.8 Å². The summed E-state index contributed by atoms with van der Waals surface area (Å²) < 4.78 is 18.7. The summed E-state index contributed by atoms with van der Waals surface area (Å²) >= 11 is 0. The summed E-state index contributed by atoms with van der Waals surface area (Å²) in [6, 6.07) is 11.7. The van der Waals surface area contributed by atoms with Crippen LogP contribution >= 0.6 is 0 Å². The molecule has 0 radical (unpaired) electrons. The summed E-state index contributed by atoms with van der Waals surface area (Å²) in [7, 11) is 2.10. The van der Waals surface area contributed by atoms with E-state index >= 15 is 0 Å². The Morgan fingerprint density at radius 2 is 1.79 bits per heavy atom. The molecule has 1 aliphatic rings. The van der Waals surface area contributed by atoms with Crippen molar-refractivity contribution in [3.05, 3.63) is 60.1 Å². The van der Waals surface area contributed by atoms with Crippen molar-refractivity contribution in [2.24, 2.45) is 0 Å². The molecule has 0 bridgehead atoms. The molecule has 4 heterocycles. The number of aromatic nitrogens is 5. The van der Waals surface area contributed by atoms with Crippen LogP contribution in [0.25, 0.3) is 11.5 Å². The number of likely N-dealkylation sites (N-methyl/N-ethyl adjacent to an activating group) is 1. The smallest absolute Gasteiger partial charge is 0.235 e. The van der Waals surface area contributed by atoms with Crippen LogP contribution in [0, 0.1) is 5.82 Å². The van der Waals surface area contributed by atoms with Crippen LogP contribution in [0.3, 0.4) is 0 Å². The molecule has 0 saturated carbocycles. The van der Waals surface area contributed by atoms with E-state index in [0.29, 0.717) is 29.4 Å². The van der Waals surface area contributed by atoms with E-state index in [4.69, 9.17) is 4.42 Å². The number of piperazine rings is 1. The Morgan fingerprint density at radius 1 is 1.03 bits per heavy atom. The Morgan fingerprint density at radius 3 is 2.53 bits per heavy atom. The Balaban J connectivity index is 1.40. The molecule has 0 amide bonds. The zero-order valence-electron chi connectivity index (χ0n) is 19.0. The lowest BCUT2D eigenvalue weighted by Crippen LogP contribution is -2.45. The number of anilines is 4. The third-order valence-electron chi connectivity index (χ3n) is 5.73. The zero-order valence-corrected chi connectivity index (χ0v) is 19.0. The summed E-state index contributed by atoms with van der Waals surface area (Å²) in [4.78, 5) is 18.3. The molecule has 1 saturated heterocycles. The van der Waals surface area contributed by atoms with Crippen LogP contribution in [0.1, 0.15) is 18.5 Å². The number of furan rings is 1. The van der Waals surface area contributed by atoms with E-state index < -0.39 is 0 Å². The number of aromatic amines is 1. The fourth-order valence-corrected chi connectivity index (χ4v) is 3.72. The second kappa shape index (κ2) is 9.48. The first kappa shape index (κ1) is 21.8. The van der Waals surface area contributed by atoms with Crippen molar-refractivity contribution in [1.82, 2.24) is 30.0 Å². The van der Waals surface area contributed by atoms with Crippen LogP contribution in [-0.4, -0.2) is 63.3 Å². The molecule has 1 fully saturated rings. The molecule has 1 aromatic carbocycles. The summed E-state index contributed by atoms with van der Waals surface area (Å²) in [5, 5.41) is 13.7. The Labute approximate surface area is 196 Å². The number of benzene rings is 1. The number of H-pyrrole nitrogens is 1. The largest absolute Gasteiger partial charge is 0.463 e. The van der Waals surface area contributed by atoms with E-state index in [-0.39, 0.29) is 11.9 Å². The lowest BCUT2D eigenvalue weighted by Gasteiger charge is -2.32. The van der Waals surface area contributed by atoms with E-state index in [9.17, 15) is 4.39 Å². The minimum Gasteiger partial charge on any atom is -0.463 e. The highest BCUT2D eigenvalue weighted by Crippen LogP contribution is 2.24. The first-order chi connectivity index (χ1) is 16.5. The van der Waals surface area contributed by atoms with Crippen LogP contribution in [0.4, 0.5) is 28.1 Å². The Kier molecular flexibility index (Phi) is 6.09. The van der Waals surface area contributed by atoms with Crippen LogP contribution < -0.4 is 15.5 Å². The standard InChI is InChI=1S/C23H26FN9O/c1-15(16-5-7-17(24)8-6-16)25-21-27-22(29-23(28-21)33-11-9-32(2)10-12-33)26-20-14-18(30-31-20)19-4-3-13-34-19/h3-8,13-15H,9-12H2,1-2H3,(H3,25,26,27,28,29,30,31). The fraction of sp³-hybridized carbons (Fsp3) is 0.304. The number of rotatable bonds is 7. The third kappa shape index (κ3) is 4.99. The molecule has 1 unspecified atom stereocenters. The zero-order chi connectivity index (χ0) is 23.5. The van der Waals surface area contributed by atoms with E-state index in [2.05, 4.69) is 52.6 Å². The molecule has 5 rings (SSSR count). The average Bonchev–Trinajstić information content (AvgIpc) is 3.52. The maximum absolute atomic E-state index is 13.3. The van der Waals surface area contributed by atoms with Crippen LogP contribution in [0.5, 0.6) is 0 Å². The van der Waals surface area contributed by atoms with Gasteiger partial charge in [0.25, 0.3) is 0 Å². The van der Waals surface area contributed by atoms with Gasteiger partial charge in [0.1, 0.15) is 11.5 Å². The Bertz CT molecular complexity index is 1220. The molecular weight excluding hydrogens is 437 g/mol. The minimum atomic E-state index is -0.270. The molecule has 1 atom stereocenters. The van der Waals surface area contributed by atoms with Crippen LogP contribution in [-0.2, 0) is 0 Å². The second-order valence-electron chi connectivity index (χ2n) is 8.26. The van der Waals surface area contributed by atoms with E-state index in [1.165, 1.54) is 12.1 Å². The maximum atomic E-state index is 13.3. The van der Waals surface area contributed by atoms with E-state index in [0.717, 1.165) is 37.4 Å². The molecule has 0 aliphatic carbocycles. The summed E-state index contributed by atoms with van der Waals surface area (Å²) in [5.41, 5.74) is 1.66. The molecule has 11 heteroatoms. The number of hydrogen-bond donors (Lipinski definition) is 3. The van der Waals surface area contributed by atoms with Crippen molar-refractivity contribution in [1.29, 1.82) is 0 Å². The Hall–Kier alpha value is -3.99. The van der Waals surface area contributed by atoms with Gasteiger partial charge in [-0.1, -0.05) is 12.1 Å². The number of hydrogen-bond acceptors (Lipinski definition) is 9. The van der Waals surface area contributed by atoms with Gasteiger partial charge in [0.05, 0.1) is 12.3 Å². The van der Waals surface area contributed by atoms with E-state index in [1.54, 1.807) is 18.4 Å². The molecule has 3 aromatic heterocycles. The van der Waals surface area contributed by atoms with Crippen molar-refractivity contribution < 1.29 is 8.81 Å². The maximum Gasteiger partial charge on any atom is 0.235 e. The minimum absolute atomic E-state index is 0.132. The SMILES string of the molecule is CC(Nc1nc(Nc2cc(-c3ccco3)[nH]n2)nc(N2CCN(C)CC2)n1)c1ccc(F)cc1. The first-order valence-corrected chi connectivity index (χ1v) is 11.1. The molecule has 1 aliphatic heterocycles. The summed E-state index contributed by atoms with van der Waals surface area (Å²) in [5.74, 6) is 2.35. The predicted molar refractivity (Wildman–Crippen MR) is 128 cm³/mol. The monoisotopic (exact) mass is 463 g/mol. The molecule has 10 nitrogen and oxygen atoms in total. The number of nitrogens with zero attached hydrogens (tertiary/aromatic N) is 6. The van der Waals surface area contributed by atoms with Gasteiger partial charge in [0, 0.05) is 32.2 Å². The average molecular weight is 464 g/mol. The lowest BCUT2D eigenvalue weighted by atomic mass is 10.1. The van der Waals surface area contributed by atoms with Crippen molar-refractivity contribution in [2.75, 3.05) is 48.8 Å². The highest BCUT2D eigenvalue weighted by Gasteiger charge is 2.20.